The van der Waals surface area contributed by atoms with Crippen LogP contribution in [0.1, 0.15) is 45.1 Å². The van der Waals surface area contributed by atoms with Gasteiger partial charge in [0.15, 0.2) is 0 Å². The van der Waals surface area contributed by atoms with E-state index in [9.17, 15) is 0 Å². The van der Waals surface area contributed by atoms with Crippen molar-refractivity contribution in [3.8, 4) is 0 Å². The lowest BCUT2D eigenvalue weighted by Crippen LogP contribution is -2.15. The maximum Gasteiger partial charge on any atom is 0.0656 e. The van der Waals surface area contributed by atoms with Crippen molar-refractivity contribution in [1.82, 2.24) is 0 Å². The lowest BCUT2D eigenvalue weighted by atomic mass is 10.1. The summed E-state index contributed by atoms with van der Waals surface area (Å²) >= 11 is 6.03. The summed E-state index contributed by atoms with van der Waals surface area (Å²) in [4.78, 5) is 0. The topological polar surface area (TPSA) is 38.0 Å². The fourth-order valence-electron chi connectivity index (χ4n) is 1.90. The van der Waals surface area contributed by atoms with Gasteiger partial charge in [-0.15, -0.1) is 0 Å². The van der Waals surface area contributed by atoms with Crippen LogP contribution in [0, 0.1) is 6.92 Å². The molecule has 0 aliphatic rings. The highest BCUT2D eigenvalue weighted by Gasteiger charge is 2.06. The van der Waals surface area contributed by atoms with Gasteiger partial charge >= 0.3 is 0 Å². The van der Waals surface area contributed by atoms with E-state index in [0.29, 0.717) is 16.8 Å². The smallest absolute Gasteiger partial charge is 0.0656 e. The highest BCUT2D eigenvalue weighted by atomic mass is 35.5. The molecule has 3 N–H and O–H groups in total. The number of hydrogen-bond donors (Lipinski definition) is 2. The Morgan fingerprint density at radius 1 is 1.35 bits per heavy atom. The van der Waals surface area contributed by atoms with E-state index in [1.54, 1.807) is 0 Å². The zero-order valence-electron chi connectivity index (χ0n) is 11.0. The highest BCUT2D eigenvalue weighted by molar-refractivity contribution is 6.33. The van der Waals surface area contributed by atoms with Gasteiger partial charge < -0.3 is 11.1 Å². The monoisotopic (exact) mass is 254 g/mol. The molecule has 1 aromatic rings. The van der Waals surface area contributed by atoms with Gasteiger partial charge in [-0.1, -0.05) is 37.8 Å². The van der Waals surface area contributed by atoms with Gasteiger partial charge in [0, 0.05) is 11.7 Å². The Morgan fingerprint density at radius 2 is 2.06 bits per heavy atom. The molecule has 0 saturated heterocycles. The van der Waals surface area contributed by atoms with Crippen molar-refractivity contribution in [2.75, 3.05) is 11.1 Å². The summed E-state index contributed by atoms with van der Waals surface area (Å²) in [7, 11) is 0. The summed E-state index contributed by atoms with van der Waals surface area (Å²) in [5, 5.41) is 4.12. The molecule has 0 fully saturated rings. The largest absolute Gasteiger partial charge is 0.398 e. The van der Waals surface area contributed by atoms with Crippen molar-refractivity contribution < 1.29 is 0 Å². The van der Waals surface area contributed by atoms with Crippen LogP contribution in [0.2, 0.25) is 5.02 Å². The van der Waals surface area contributed by atoms with E-state index in [-0.39, 0.29) is 0 Å². The molecular formula is C14H23ClN2. The third-order valence-corrected chi connectivity index (χ3v) is 3.31. The lowest BCUT2D eigenvalue weighted by molar-refractivity contribution is 0.615. The normalized spacial score (nSPS) is 12.5. The number of benzene rings is 1. The second-order valence-corrected chi connectivity index (χ2v) is 5.14. The van der Waals surface area contributed by atoms with Crippen molar-refractivity contribution in [3.63, 3.8) is 0 Å². The summed E-state index contributed by atoms with van der Waals surface area (Å²) in [5.41, 5.74) is 8.64. The number of unbranched alkanes of at least 4 members (excludes halogenated alkanes) is 2. The molecule has 0 aliphatic carbocycles. The first-order chi connectivity index (χ1) is 8.04. The molecule has 0 radical (unpaired) electrons. The van der Waals surface area contributed by atoms with Crippen LogP contribution in [0.3, 0.4) is 0 Å². The molecule has 0 spiro atoms. The molecule has 96 valence electrons. The van der Waals surface area contributed by atoms with Crippen LogP contribution in [0.25, 0.3) is 0 Å². The Hall–Kier alpha value is -0.890. The molecule has 0 bridgehead atoms. The van der Waals surface area contributed by atoms with E-state index < -0.39 is 0 Å². The number of nitrogen functional groups attached to an aromatic ring is 1. The molecule has 0 saturated carbocycles. The molecule has 0 aliphatic heterocycles. The third-order valence-electron chi connectivity index (χ3n) is 2.99. The van der Waals surface area contributed by atoms with Crippen LogP contribution >= 0.6 is 11.6 Å². The third kappa shape index (κ3) is 4.47. The van der Waals surface area contributed by atoms with Gasteiger partial charge in [-0.2, -0.15) is 0 Å². The second-order valence-electron chi connectivity index (χ2n) is 4.73. The minimum absolute atomic E-state index is 0.472. The van der Waals surface area contributed by atoms with Gasteiger partial charge in [0.25, 0.3) is 0 Å². The molecule has 0 aromatic heterocycles. The zero-order chi connectivity index (χ0) is 12.8. The van der Waals surface area contributed by atoms with Crippen molar-refractivity contribution in [3.05, 3.63) is 22.7 Å². The SMILES string of the molecule is CCCCCC(C)Nc1cc(Cl)c(N)cc1C. The molecular weight excluding hydrogens is 232 g/mol. The first kappa shape index (κ1) is 14.2. The van der Waals surface area contributed by atoms with Gasteiger partial charge in [-0.25, -0.2) is 0 Å². The minimum Gasteiger partial charge on any atom is -0.398 e. The van der Waals surface area contributed by atoms with Crippen molar-refractivity contribution >= 4 is 23.0 Å². The molecule has 1 rings (SSSR count). The molecule has 0 heterocycles. The Bertz CT molecular complexity index is 363. The Kier molecular flexibility index (Phi) is 5.63. The quantitative estimate of drug-likeness (QED) is 0.575. The summed E-state index contributed by atoms with van der Waals surface area (Å²) in [6.45, 7) is 6.48. The number of halogens is 1. The van der Waals surface area contributed by atoms with E-state index in [1.807, 2.05) is 19.1 Å². The molecule has 1 unspecified atom stereocenters. The average Bonchev–Trinajstić information content (AvgIpc) is 2.26. The lowest BCUT2D eigenvalue weighted by Gasteiger charge is -2.17. The van der Waals surface area contributed by atoms with Crippen LogP contribution in [-0.2, 0) is 0 Å². The van der Waals surface area contributed by atoms with Crippen LogP contribution < -0.4 is 11.1 Å². The first-order valence-electron chi connectivity index (χ1n) is 6.36. The predicted octanol–water partition coefficient (Wildman–Crippen LogP) is 4.61. The van der Waals surface area contributed by atoms with Gasteiger partial charge in [-0.05, 0) is 38.0 Å². The van der Waals surface area contributed by atoms with E-state index >= 15 is 0 Å². The molecule has 1 atom stereocenters. The van der Waals surface area contributed by atoms with Crippen molar-refractivity contribution in [1.29, 1.82) is 0 Å². The summed E-state index contributed by atoms with van der Waals surface area (Å²) < 4.78 is 0. The maximum atomic E-state index is 6.03. The zero-order valence-corrected chi connectivity index (χ0v) is 11.8. The fourth-order valence-corrected chi connectivity index (χ4v) is 2.06. The number of nitrogens with one attached hydrogen (secondary N) is 1. The summed E-state index contributed by atoms with van der Waals surface area (Å²) in [5.74, 6) is 0. The second kappa shape index (κ2) is 6.75. The van der Waals surface area contributed by atoms with Crippen LogP contribution in [-0.4, -0.2) is 6.04 Å². The number of rotatable bonds is 6. The number of anilines is 2. The maximum absolute atomic E-state index is 6.03. The highest BCUT2D eigenvalue weighted by Crippen LogP contribution is 2.27. The van der Waals surface area contributed by atoms with E-state index in [2.05, 4.69) is 19.2 Å². The Morgan fingerprint density at radius 3 is 2.71 bits per heavy atom. The molecule has 0 amide bonds. The summed E-state index contributed by atoms with van der Waals surface area (Å²) in [6.07, 6.45) is 5.02. The van der Waals surface area contributed by atoms with E-state index in [1.165, 1.54) is 25.7 Å². The standard InChI is InChI=1S/C14H23ClN2/c1-4-5-6-7-11(3)17-14-9-12(15)13(16)8-10(14)2/h8-9,11,17H,4-7,16H2,1-3H3. The van der Waals surface area contributed by atoms with Crippen LogP contribution in [0.4, 0.5) is 11.4 Å². The molecule has 3 heteroatoms. The van der Waals surface area contributed by atoms with Gasteiger partial charge in [-0.3, -0.25) is 0 Å². The predicted molar refractivity (Wildman–Crippen MR) is 77.8 cm³/mol. The fraction of sp³-hybridized carbons (Fsp3) is 0.571. The average molecular weight is 255 g/mol. The van der Waals surface area contributed by atoms with E-state index in [4.69, 9.17) is 17.3 Å². The van der Waals surface area contributed by atoms with Gasteiger partial charge in [0.05, 0.1) is 10.7 Å². The summed E-state index contributed by atoms with van der Waals surface area (Å²) in [6, 6.07) is 4.31. The minimum atomic E-state index is 0.472. The van der Waals surface area contributed by atoms with Crippen molar-refractivity contribution in [2.24, 2.45) is 0 Å². The van der Waals surface area contributed by atoms with Crippen molar-refractivity contribution in [2.45, 2.75) is 52.5 Å². The van der Waals surface area contributed by atoms with Gasteiger partial charge in [0.1, 0.15) is 0 Å². The van der Waals surface area contributed by atoms with E-state index in [0.717, 1.165) is 11.3 Å². The van der Waals surface area contributed by atoms with Crippen LogP contribution in [0.5, 0.6) is 0 Å². The molecule has 17 heavy (non-hydrogen) atoms. The number of aryl methyl sites for hydroxylation is 1. The van der Waals surface area contributed by atoms with Gasteiger partial charge in [0.2, 0.25) is 0 Å². The Balaban J connectivity index is 2.58. The molecule has 1 aromatic carbocycles. The van der Waals surface area contributed by atoms with Crippen LogP contribution in [0.15, 0.2) is 12.1 Å². The Labute approximate surface area is 110 Å². The number of nitrogens with two attached hydrogens (primary N) is 1. The first-order valence-corrected chi connectivity index (χ1v) is 6.74. The molecule has 2 nitrogen and oxygen atoms in total. The number of hydrogen-bond acceptors (Lipinski definition) is 2.